The van der Waals surface area contributed by atoms with Crippen molar-refractivity contribution in [1.29, 1.82) is 0 Å². The summed E-state index contributed by atoms with van der Waals surface area (Å²) in [5.74, 6) is -1.04. The van der Waals surface area contributed by atoms with Crippen LogP contribution in [0.15, 0.2) is 57.2 Å². The fraction of sp³-hybridized carbons (Fsp3) is 0.227. The van der Waals surface area contributed by atoms with Gasteiger partial charge in [-0.25, -0.2) is 18.0 Å². The molecule has 0 heterocycles. The second kappa shape index (κ2) is 11.7. The molecule has 3 amide bonds. The van der Waals surface area contributed by atoms with Crippen LogP contribution in [0.3, 0.4) is 0 Å². The molecule has 0 bridgehead atoms. The van der Waals surface area contributed by atoms with E-state index >= 15 is 0 Å². The van der Waals surface area contributed by atoms with Crippen molar-refractivity contribution in [2.45, 2.75) is 30.1 Å². The highest BCUT2D eigenvalue weighted by molar-refractivity contribution is 7.91. The molecule has 0 aromatic heterocycles. The first-order valence-electron chi connectivity index (χ1n) is 10.1. The smallest absolute Gasteiger partial charge is 0.436 e. The van der Waals surface area contributed by atoms with E-state index in [2.05, 4.69) is 30.4 Å². The van der Waals surface area contributed by atoms with Crippen LogP contribution in [0.4, 0.5) is 21.0 Å². The molecule has 2 aromatic carbocycles. The number of rotatable bonds is 6. The molecule has 35 heavy (non-hydrogen) atoms. The first kappa shape index (κ1) is 27.0. The van der Waals surface area contributed by atoms with Crippen LogP contribution in [0.1, 0.15) is 30.6 Å². The minimum atomic E-state index is -4.05. The SMILES string of the molecule is CCC(=O)Nc1ccc(S(=O)(=O)c2ccc(C(C)=O)cc2)cc1NC(=NC(=O)OC)NC(=O)OC. The predicted octanol–water partition coefficient (Wildman–Crippen LogP) is 2.96. The van der Waals surface area contributed by atoms with Gasteiger partial charge in [-0.05, 0) is 37.3 Å². The molecule has 186 valence electrons. The van der Waals surface area contributed by atoms with E-state index in [4.69, 9.17) is 0 Å². The summed E-state index contributed by atoms with van der Waals surface area (Å²) in [5, 5.41) is 7.36. The van der Waals surface area contributed by atoms with Gasteiger partial charge in [0.1, 0.15) is 0 Å². The average molecular weight is 505 g/mol. The lowest BCUT2D eigenvalue weighted by Crippen LogP contribution is -2.36. The number of hydrogen-bond acceptors (Lipinski definition) is 8. The van der Waals surface area contributed by atoms with Crippen LogP contribution in [0, 0.1) is 0 Å². The highest BCUT2D eigenvalue weighted by Gasteiger charge is 2.21. The maximum Gasteiger partial charge on any atom is 0.436 e. The van der Waals surface area contributed by atoms with E-state index in [9.17, 15) is 27.6 Å². The number of nitrogens with zero attached hydrogens (tertiary/aromatic N) is 1. The number of carbonyl (C=O) groups excluding carboxylic acids is 4. The average Bonchev–Trinajstić information content (AvgIpc) is 2.84. The molecule has 0 aliphatic heterocycles. The number of guanidine groups is 1. The van der Waals surface area contributed by atoms with Gasteiger partial charge in [-0.3, -0.25) is 14.9 Å². The van der Waals surface area contributed by atoms with Crippen molar-refractivity contribution in [3.8, 4) is 0 Å². The molecule has 0 aliphatic rings. The molecule has 2 rings (SSSR count). The monoisotopic (exact) mass is 504 g/mol. The number of nitrogens with one attached hydrogen (secondary N) is 3. The molecule has 0 atom stereocenters. The van der Waals surface area contributed by atoms with E-state index < -0.39 is 28.0 Å². The number of alkyl carbamates (subject to hydrolysis) is 1. The summed E-state index contributed by atoms with van der Waals surface area (Å²) in [7, 11) is -1.90. The Labute approximate surface area is 201 Å². The second-order valence-corrected chi connectivity index (χ2v) is 8.81. The van der Waals surface area contributed by atoms with Gasteiger partial charge in [-0.15, -0.1) is 4.99 Å². The lowest BCUT2D eigenvalue weighted by Gasteiger charge is -2.16. The van der Waals surface area contributed by atoms with E-state index in [0.717, 1.165) is 14.2 Å². The van der Waals surface area contributed by atoms with Gasteiger partial charge < -0.3 is 20.1 Å². The second-order valence-electron chi connectivity index (χ2n) is 6.87. The fourth-order valence-electron chi connectivity index (χ4n) is 2.65. The van der Waals surface area contributed by atoms with Crippen LogP contribution in [0.5, 0.6) is 0 Å². The number of carbonyl (C=O) groups is 4. The van der Waals surface area contributed by atoms with E-state index in [1.54, 1.807) is 6.92 Å². The molecule has 3 N–H and O–H groups in total. The molecule has 13 heteroatoms. The van der Waals surface area contributed by atoms with Crippen LogP contribution >= 0.6 is 0 Å². The quantitative estimate of drug-likeness (QED) is 0.304. The minimum Gasteiger partial charge on any atom is -0.453 e. The number of ketones is 1. The van der Waals surface area contributed by atoms with Crippen molar-refractivity contribution in [1.82, 2.24) is 5.32 Å². The van der Waals surface area contributed by atoms with Gasteiger partial charge >= 0.3 is 12.2 Å². The van der Waals surface area contributed by atoms with E-state index in [-0.39, 0.29) is 39.3 Å². The summed E-state index contributed by atoms with van der Waals surface area (Å²) in [5.41, 5.74) is 0.487. The van der Waals surface area contributed by atoms with Crippen molar-refractivity contribution in [2.75, 3.05) is 24.9 Å². The van der Waals surface area contributed by atoms with Crippen molar-refractivity contribution in [3.63, 3.8) is 0 Å². The molecule has 12 nitrogen and oxygen atoms in total. The summed E-state index contributed by atoms with van der Waals surface area (Å²) < 4.78 is 35.3. The standard InChI is InChI=1S/C22H24N4O8S/c1-5-19(28)23-17-11-10-16(35(31,32)15-8-6-14(7-9-15)13(2)27)12-18(17)24-20(25-21(29)33-3)26-22(30)34-4/h6-12H,5H2,1-4H3,(H,23,28)(H2,24,25,26,29,30). The largest absolute Gasteiger partial charge is 0.453 e. The van der Waals surface area contributed by atoms with Crippen molar-refractivity contribution < 1.29 is 37.1 Å². The minimum absolute atomic E-state index is 0.00714. The van der Waals surface area contributed by atoms with Crippen LogP contribution in [0.2, 0.25) is 0 Å². The third kappa shape index (κ3) is 7.11. The number of anilines is 2. The number of amides is 3. The molecular weight excluding hydrogens is 480 g/mol. The van der Waals surface area contributed by atoms with Crippen molar-refractivity contribution >= 4 is 51.0 Å². The topological polar surface area (TPSA) is 169 Å². The zero-order valence-corrected chi connectivity index (χ0v) is 20.2. The summed E-state index contributed by atoms with van der Waals surface area (Å²) in [6.45, 7) is 2.98. The molecular formula is C22H24N4O8S. The summed E-state index contributed by atoms with van der Waals surface area (Å²) in [6.07, 6.45) is -1.92. The fourth-order valence-corrected chi connectivity index (χ4v) is 3.93. The Morgan fingerprint density at radius 2 is 1.51 bits per heavy atom. The lowest BCUT2D eigenvalue weighted by atomic mass is 10.2. The first-order chi connectivity index (χ1) is 16.5. The van der Waals surface area contributed by atoms with Crippen LogP contribution in [-0.4, -0.2) is 52.5 Å². The number of aliphatic imine (C=N–C) groups is 1. The summed E-state index contributed by atoms with van der Waals surface area (Å²) in [6, 6.07) is 9.18. The molecule has 0 saturated heterocycles. The van der Waals surface area contributed by atoms with Gasteiger partial charge in [0.25, 0.3) is 0 Å². The van der Waals surface area contributed by atoms with Gasteiger partial charge in [0.15, 0.2) is 5.78 Å². The third-order valence-corrected chi connectivity index (χ3v) is 6.27. The van der Waals surface area contributed by atoms with Crippen LogP contribution in [-0.2, 0) is 24.1 Å². The summed E-state index contributed by atoms with van der Waals surface area (Å²) in [4.78, 5) is 50.1. The first-order valence-corrected chi connectivity index (χ1v) is 11.6. The van der Waals surface area contributed by atoms with Gasteiger partial charge in [-0.1, -0.05) is 19.1 Å². The normalized spacial score (nSPS) is 11.3. The van der Waals surface area contributed by atoms with Crippen LogP contribution in [0.25, 0.3) is 0 Å². The van der Waals surface area contributed by atoms with E-state index in [1.165, 1.54) is 49.4 Å². The molecule has 0 saturated carbocycles. The molecule has 0 radical (unpaired) electrons. The van der Waals surface area contributed by atoms with Gasteiger partial charge in [0, 0.05) is 12.0 Å². The molecule has 0 fully saturated rings. The number of sulfone groups is 1. The van der Waals surface area contributed by atoms with Gasteiger partial charge in [-0.2, -0.15) is 0 Å². The number of ether oxygens (including phenoxy) is 2. The maximum absolute atomic E-state index is 13.2. The molecule has 2 aromatic rings. The predicted molar refractivity (Wildman–Crippen MR) is 126 cm³/mol. The number of Topliss-reactive ketones (excluding diaryl/α,β-unsaturated/α-hetero) is 1. The Hall–Kier alpha value is -4.26. The Morgan fingerprint density at radius 3 is 2.06 bits per heavy atom. The summed E-state index contributed by atoms with van der Waals surface area (Å²) >= 11 is 0. The zero-order valence-electron chi connectivity index (χ0n) is 19.4. The van der Waals surface area contributed by atoms with Crippen molar-refractivity contribution in [2.24, 2.45) is 4.99 Å². The van der Waals surface area contributed by atoms with E-state index in [0.29, 0.717) is 5.56 Å². The maximum atomic E-state index is 13.2. The Morgan fingerprint density at radius 1 is 0.886 bits per heavy atom. The Kier molecular flexibility index (Phi) is 9.05. The highest BCUT2D eigenvalue weighted by atomic mass is 32.2. The third-order valence-electron chi connectivity index (χ3n) is 4.50. The van der Waals surface area contributed by atoms with Crippen LogP contribution < -0.4 is 16.0 Å². The number of hydrogen-bond donors (Lipinski definition) is 3. The number of methoxy groups -OCH3 is 2. The zero-order chi connectivity index (χ0) is 26.2. The Bertz CT molecular complexity index is 1270. The van der Waals surface area contributed by atoms with Crippen molar-refractivity contribution in [3.05, 3.63) is 48.0 Å². The number of benzene rings is 2. The lowest BCUT2D eigenvalue weighted by molar-refractivity contribution is -0.115. The van der Waals surface area contributed by atoms with Gasteiger partial charge in [0.05, 0.1) is 35.4 Å². The Balaban J connectivity index is 2.57. The molecule has 0 aliphatic carbocycles. The molecule has 0 spiro atoms. The van der Waals surface area contributed by atoms with Gasteiger partial charge in [0.2, 0.25) is 21.7 Å². The molecule has 0 unspecified atom stereocenters. The highest BCUT2D eigenvalue weighted by Crippen LogP contribution is 2.29. The van der Waals surface area contributed by atoms with E-state index in [1.807, 2.05) is 0 Å².